The number of benzene rings is 1. The van der Waals surface area contributed by atoms with Gasteiger partial charge in [0.05, 0.1) is 0 Å². The Morgan fingerprint density at radius 2 is 1.92 bits per heavy atom. The zero-order valence-corrected chi connectivity index (χ0v) is 10.7. The average molecular weight is 265 g/mol. The summed E-state index contributed by atoms with van der Waals surface area (Å²) in [7, 11) is 0. The van der Waals surface area contributed by atoms with Crippen molar-refractivity contribution in [3.8, 4) is 12.3 Å². The average Bonchev–Trinajstić information content (AvgIpc) is 2.03. The van der Waals surface area contributed by atoms with Crippen molar-refractivity contribution in [2.75, 3.05) is 0 Å². The number of terminal acetylenes is 1. The molecule has 0 heterocycles. The molecule has 0 saturated carbocycles. The van der Waals surface area contributed by atoms with Crippen molar-refractivity contribution in [3.05, 3.63) is 29.8 Å². The SMILES string of the molecule is C#Cc1ccc[c]([Sn]([CH3])([CH3])[CH3])c1. The van der Waals surface area contributed by atoms with Crippen molar-refractivity contribution < 1.29 is 0 Å². The van der Waals surface area contributed by atoms with E-state index in [1.165, 1.54) is 3.58 Å². The minimum atomic E-state index is -1.87. The molecule has 0 bridgehead atoms. The fourth-order valence-corrected chi connectivity index (χ4v) is 4.46. The minimum absolute atomic E-state index is 1.01. The van der Waals surface area contributed by atoms with Gasteiger partial charge in [-0.1, -0.05) is 0 Å². The predicted octanol–water partition coefficient (Wildman–Crippen LogP) is 2.21. The van der Waals surface area contributed by atoms with Crippen LogP contribution in [0.4, 0.5) is 0 Å². The third-order valence-electron chi connectivity index (χ3n) is 1.90. The van der Waals surface area contributed by atoms with E-state index in [-0.39, 0.29) is 0 Å². The molecule has 1 heteroatoms. The Hall–Kier alpha value is -0.421. The van der Waals surface area contributed by atoms with Gasteiger partial charge in [0.2, 0.25) is 0 Å². The quantitative estimate of drug-likeness (QED) is 0.539. The molecule has 0 amide bonds. The second-order valence-electron chi connectivity index (χ2n) is 3.98. The Bertz CT molecular complexity index is 313. The van der Waals surface area contributed by atoms with Gasteiger partial charge in [-0.15, -0.1) is 0 Å². The maximum atomic E-state index is 5.34. The number of hydrogen-bond donors (Lipinski definition) is 0. The van der Waals surface area contributed by atoms with Crippen LogP contribution in [0.2, 0.25) is 14.8 Å². The molecule has 0 fully saturated rings. The molecule has 0 aliphatic carbocycles. The summed E-state index contributed by atoms with van der Waals surface area (Å²) in [6.07, 6.45) is 5.34. The summed E-state index contributed by atoms with van der Waals surface area (Å²) in [4.78, 5) is 7.18. The molecular formula is C11H14Sn. The fraction of sp³-hybridized carbons (Fsp3) is 0.273. The van der Waals surface area contributed by atoms with Gasteiger partial charge in [0.1, 0.15) is 0 Å². The van der Waals surface area contributed by atoms with Crippen LogP contribution in [0.3, 0.4) is 0 Å². The number of rotatable bonds is 1. The van der Waals surface area contributed by atoms with E-state index in [1.54, 1.807) is 0 Å². The third-order valence-corrected chi connectivity index (χ3v) is 7.73. The van der Waals surface area contributed by atoms with Crippen molar-refractivity contribution in [1.82, 2.24) is 0 Å². The molecule has 0 radical (unpaired) electrons. The van der Waals surface area contributed by atoms with Crippen molar-refractivity contribution in [2.45, 2.75) is 14.8 Å². The van der Waals surface area contributed by atoms with Crippen LogP contribution in [-0.4, -0.2) is 18.4 Å². The van der Waals surface area contributed by atoms with Crippen LogP contribution >= 0.6 is 0 Å². The van der Waals surface area contributed by atoms with E-state index in [2.05, 4.69) is 38.9 Å². The third kappa shape index (κ3) is 2.28. The van der Waals surface area contributed by atoms with Crippen molar-refractivity contribution in [1.29, 1.82) is 0 Å². The van der Waals surface area contributed by atoms with Gasteiger partial charge < -0.3 is 0 Å². The fourth-order valence-electron chi connectivity index (χ4n) is 1.08. The van der Waals surface area contributed by atoms with E-state index >= 15 is 0 Å². The van der Waals surface area contributed by atoms with Gasteiger partial charge in [-0.05, 0) is 0 Å². The maximum absolute atomic E-state index is 5.34. The van der Waals surface area contributed by atoms with Gasteiger partial charge in [-0.25, -0.2) is 0 Å². The summed E-state index contributed by atoms with van der Waals surface area (Å²) in [5.41, 5.74) is 1.01. The molecule has 62 valence electrons. The molecule has 12 heavy (non-hydrogen) atoms. The summed E-state index contributed by atoms with van der Waals surface area (Å²) in [6.45, 7) is 0. The summed E-state index contributed by atoms with van der Waals surface area (Å²) in [5.74, 6) is 2.67. The van der Waals surface area contributed by atoms with Gasteiger partial charge in [-0.3, -0.25) is 0 Å². The molecule has 1 rings (SSSR count). The van der Waals surface area contributed by atoms with E-state index < -0.39 is 18.4 Å². The summed E-state index contributed by atoms with van der Waals surface area (Å²) in [6, 6.07) is 8.42. The van der Waals surface area contributed by atoms with Crippen molar-refractivity contribution in [3.63, 3.8) is 0 Å². The summed E-state index contributed by atoms with van der Waals surface area (Å²) in [5, 5.41) is 0. The molecule has 0 spiro atoms. The van der Waals surface area contributed by atoms with E-state index in [0.717, 1.165) is 5.56 Å². The second-order valence-corrected chi connectivity index (χ2v) is 18.5. The van der Waals surface area contributed by atoms with E-state index in [0.29, 0.717) is 0 Å². The summed E-state index contributed by atoms with van der Waals surface area (Å²) >= 11 is -1.87. The molecule has 0 N–H and O–H groups in total. The molecule has 0 aliphatic heterocycles. The van der Waals surface area contributed by atoms with Crippen LogP contribution < -0.4 is 3.58 Å². The molecule has 0 aromatic heterocycles. The van der Waals surface area contributed by atoms with Gasteiger partial charge >= 0.3 is 78.9 Å². The van der Waals surface area contributed by atoms with Gasteiger partial charge in [0.25, 0.3) is 0 Å². The van der Waals surface area contributed by atoms with Gasteiger partial charge in [0, 0.05) is 0 Å². The number of hydrogen-bond acceptors (Lipinski definition) is 0. The Kier molecular flexibility index (Phi) is 2.84. The Labute approximate surface area is 78.9 Å². The first-order valence-corrected chi connectivity index (χ1v) is 14.1. The van der Waals surface area contributed by atoms with E-state index in [4.69, 9.17) is 6.42 Å². The second kappa shape index (κ2) is 3.53. The van der Waals surface area contributed by atoms with Crippen LogP contribution in [0.5, 0.6) is 0 Å². The molecule has 0 nitrogen and oxygen atoms in total. The molecule has 0 saturated heterocycles. The van der Waals surface area contributed by atoms with Crippen LogP contribution in [0, 0.1) is 12.3 Å². The standard InChI is InChI=1S/C8H5.3CH3.Sn/c1-2-8-6-4-3-5-7-8;;;;/h1,3-4,6-7H;3*1H3;. The van der Waals surface area contributed by atoms with Crippen LogP contribution in [0.15, 0.2) is 24.3 Å². The molecule has 1 aromatic rings. The Balaban J connectivity index is 3.13. The van der Waals surface area contributed by atoms with Crippen LogP contribution in [-0.2, 0) is 0 Å². The zero-order valence-electron chi connectivity index (χ0n) is 7.89. The normalized spacial score (nSPS) is 10.8. The van der Waals surface area contributed by atoms with Crippen molar-refractivity contribution >= 4 is 22.0 Å². The molecule has 0 atom stereocenters. The molecular weight excluding hydrogens is 251 g/mol. The van der Waals surface area contributed by atoms with Crippen molar-refractivity contribution in [2.24, 2.45) is 0 Å². The van der Waals surface area contributed by atoms with Gasteiger partial charge in [-0.2, -0.15) is 0 Å². The van der Waals surface area contributed by atoms with E-state index in [1.807, 2.05) is 6.07 Å². The first-order valence-electron chi connectivity index (χ1n) is 4.11. The molecule has 1 aromatic carbocycles. The first-order chi connectivity index (χ1) is 5.54. The Morgan fingerprint density at radius 1 is 1.25 bits per heavy atom. The van der Waals surface area contributed by atoms with Gasteiger partial charge in [0.15, 0.2) is 0 Å². The predicted molar refractivity (Wildman–Crippen MR) is 57.4 cm³/mol. The monoisotopic (exact) mass is 266 g/mol. The zero-order chi connectivity index (χ0) is 9.19. The topological polar surface area (TPSA) is 0 Å². The Morgan fingerprint density at radius 3 is 2.42 bits per heavy atom. The van der Waals surface area contributed by atoms with E-state index in [9.17, 15) is 0 Å². The molecule has 0 unspecified atom stereocenters. The first kappa shape index (κ1) is 9.67. The van der Waals surface area contributed by atoms with Crippen LogP contribution in [0.1, 0.15) is 5.56 Å². The molecule has 0 aliphatic rings. The summed E-state index contributed by atoms with van der Waals surface area (Å²) < 4.78 is 1.50. The van der Waals surface area contributed by atoms with Crippen LogP contribution in [0.25, 0.3) is 0 Å².